The molecule has 0 aliphatic carbocycles. The van der Waals surface area contributed by atoms with Gasteiger partial charge >= 0.3 is 0 Å². The number of amides is 2. The summed E-state index contributed by atoms with van der Waals surface area (Å²) >= 11 is 1.65. The molecule has 0 saturated carbocycles. The van der Waals surface area contributed by atoms with Gasteiger partial charge in [0.15, 0.2) is 0 Å². The van der Waals surface area contributed by atoms with E-state index in [1.54, 1.807) is 42.2 Å². The van der Waals surface area contributed by atoms with Crippen LogP contribution in [0, 0.1) is 0 Å². The Labute approximate surface area is 159 Å². The molecule has 2 aromatic rings. The van der Waals surface area contributed by atoms with E-state index in [2.05, 4.69) is 22.5 Å². The van der Waals surface area contributed by atoms with Crippen molar-refractivity contribution in [3.63, 3.8) is 0 Å². The van der Waals surface area contributed by atoms with Crippen LogP contribution in [0.25, 0.3) is 0 Å². The Kier molecular flexibility index (Phi) is 8.15. The predicted molar refractivity (Wildman–Crippen MR) is 107 cm³/mol. The van der Waals surface area contributed by atoms with Gasteiger partial charge in [-0.3, -0.25) is 14.6 Å². The van der Waals surface area contributed by atoms with Crippen LogP contribution in [0.5, 0.6) is 0 Å². The average molecular weight is 372 g/mol. The lowest BCUT2D eigenvalue weighted by Gasteiger charge is -2.12. The number of rotatable bonds is 9. The van der Waals surface area contributed by atoms with Gasteiger partial charge in [0.2, 0.25) is 5.91 Å². The van der Waals surface area contributed by atoms with E-state index in [4.69, 9.17) is 0 Å². The van der Waals surface area contributed by atoms with E-state index < -0.39 is 0 Å². The average Bonchev–Trinajstić information content (AvgIpc) is 2.67. The first-order chi connectivity index (χ1) is 12.6. The van der Waals surface area contributed by atoms with Crippen LogP contribution in [-0.2, 0) is 11.3 Å². The summed E-state index contributed by atoms with van der Waals surface area (Å²) in [5.74, 6) is 0.732. The Morgan fingerprint density at radius 1 is 1.19 bits per heavy atom. The maximum absolute atomic E-state index is 12.3. The number of aromatic nitrogens is 1. The molecule has 6 heteroatoms. The molecular formula is C20H25N3O2S. The van der Waals surface area contributed by atoms with Crippen molar-refractivity contribution in [2.45, 2.75) is 38.5 Å². The van der Waals surface area contributed by atoms with Gasteiger partial charge in [-0.15, -0.1) is 11.8 Å². The zero-order valence-corrected chi connectivity index (χ0v) is 16.0. The summed E-state index contributed by atoms with van der Waals surface area (Å²) in [6.07, 6.45) is 3.92. The number of hydrogen-bond acceptors (Lipinski definition) is 4. The number of pyridine rings is 1. The molecule has 138 valence electrons. The highest BCUT2D eigenvalue weighted by Gasteiger charge is 2.14. The number of anilines is 1. The highest BCUT2D eigenvalue weighted by molar-refractivity contribution is 8.00. The number of hydrogen-bond donors (Lipinski definition) is 2. The fourth-order valence-corrected chi connectivity index (χ4v) is 3.26. The summed E-state index contributed by atoms with van der Waals surface area (Å²) < 4.78 is 0. The molecule has 0 radical (unpaired) electrons. The summed E-state index contributed by atoms with van der Waals surface area (Å²) in [7, 11) is 0. The quantitative estimate of drug-likeness (QED) is 0.657. The van der Waals surface area contributed by atoms with Gasteiger partial charge in [-0.1, -0.05) is 25.5 Å². The molecule has 2 amide bonds. The Bertz CT molecular complexity index is 722. The first-order valence-electron chi connectivity index (χ1n) is 8.80. The molecule has 2 N–H and O–H groups in total. The Morgan fingerprint density at radius 2 is 2.04 bits per heavy atom. The number of thioether (sulfide) groups is 1. The van der Waals surface area contributed by atoms with E-state index in [-0.39, 0.29) is 17.1 Å². The van der Waals surface area contributed by atoms with Crippen LogP contribution in [0.3, 0.4) is 0 Å². The summed E-state index contributed by atoms with van der Waals surface area (Å²) in [5, 5.41) is 5.60. The first kappa shape index (κ1) is 20.0. The van der Waals surface area contributed by atoms with Gasteiger partial charge in [0.05, 0.1) is 17.5 Å². The monoisotopic (exact) mass is 371 g/mol. The molecule has 1 aromatic heterocycles. The van der Waals surface area contributed by atoms with Gasteiger partial charge in [-0.2, -0.15) is 0 Å². The van der Waals surface area contributed by atoms with Crippen LogP contribution in [-0.4, -0.2) is 27.8 Å². The topological polar surface area (TPSA) is 71.1 Å². The van der Waals surface area contributed by atoms with Gasteiger partial charge in [0.1, 0.15) is 0 Å². The van der Waals surface area contributed by atoms with E-state index in [9.17, 15) is 9.59 Å². The van der Waals surface area contributed by atoms with Crippen molar-refractivity contribution < 1.29 is 9.59 Å². The lowest BCUT2D eigenvalue weighted by Crippen LogP contribution is -2.25. The van der Waals surface area contributed by atoms with E-state index in [0.29, 0.717) is 17.8 Å². The molecule has 0 spiro atoms. The van der Waals surface area contributed by atoms with E-state index in [1.807, 2.05) is 25.1 Å². The Hall–Kier alpha value is -2.34. The van der Waals surface area contributed by atoms with Crippen molar-refractivity contribution in [1.29, 1.82) is 0 Å². The molecule has 1 unspecified atom stereocenters. The molecule has 2 rings (SSSR count). The second kappa shape index (κ2) is 10.6. The molecule has 1 heterocycles. The standard InChI is InChI=1S/C20H25N3O2S/c1-3-4-12-26-15(2)19(24)23-17-10-7-8-16(13-17)20(25)22-14-18-9-5-6-11-21-18/h5-11,13,15H,3-4,12,14H2,1-2H3,(H,22,25)(H,23,24). The lowest BCUT2D eigenvalue weighted by atomic mass is 10.2. The van der Waals surface area contributed by atoms with Gasteiger partial charge in [-0.05, 0) is 49.4 Å². The summed E-state index contributed by atoms with van der Waals surface area (Å²) in [6, 6.07) is 12.5. The number of nitrogens with one attached hydrogen (secondary N) is 2. The minimum Gasteiger partial charge on any atom is -0.346 e. The molecule has 26 heavy (non-hydrogen) atoms. The summed E-state index contributed by atoms with van der Waals surface area (Å²) in [4.78, 5) is 28.7. The molecule has 0 saturated heterocycles. The SMILES string of the molecule is CCCCSC(C)C(=O)Nc1cccc(C(=O)NCc2ccccn2)c1. The minimum absolute atomic E-state index is 0.0443. The lowest BCUT2D eigenvalue weighted by molar-refractivity contribution is -0.115. The van der Waals surface area contributed by atoms with Crippen LogP contribution in [0.1, 0.15) is 42.7 Å². The largest absolute Gasteiger partial charge is 0.346 e. The van der Waals surface area contributed by atoms with Crippen LogP contribution < -0.4 is 10.6 Å². The van der Waals surface area contributed by atoms with Crippen molar-refractivity contribution >= 4 is 29.3 Å². The van der Waals surface area contributed by atoms with E-state index in [0.717, 1.165) is 24.3 Å². The van der Waals surface area contributed by atoms with Gasteiger partial charge in [0.25, 0.3) is 5.91 Å². The van der Waals surface area contributed by atoms with Crippen LogP contribution in [0.15, 0.2) is 48.7 Å². The molecular weight excluding hydrogens is 346 g/mol. The first-order valence-corrected chi connectivity index (χ1v) is 9.85. The third-order valence-corrected chi connectivity index (χ3v) is 5.02. The fraction of sp³-hybridized carbons (Fsp3) is 0.350. The zero-order chi connectivity index (χ0) is 18.8. The zero-order valence-electron chi connectivity index (χ0n) is 15.2. The molecule has 0 aliphatic rings. The highest BCUT2D eigenvalue weighted by Crippen LogP contribution is 2.16. The van der Waals surface area contributed by atoms with Gasteiger partial charge < -0.3 is 10.6 Å². The number of unbranched alkanes of at least 4 members (excludes halogenated alkanes) is 1. The van der Waals surface area contributed by atoms with Crippen molar-refractivity contribution in [1.82, 2.24) is 10.3 Å². The Balaban J connectivity index is 1.90. The predicted octanol–water partition coefficient (Wildman–Crippen LogP) is 3.87. The fourth-order valence-electron chi connectivity index (χ4n) is 2.24. The van der Waals surface area contributed by atoms with Crippen LogP contribution in [0.2, 0.25) is 0 Å². The normalized spacial score (nSPS) is 11.6. The molecule has 1 aromatic carbocycles. The number of carbonyl (C=O) groups excluding carboxylic acids is 2. The smallest absolute Gasteiger partial charge is 0.251 e. The molecule has 5 nitrogen and oxygen atoms in total. The van der Waals surface area contributed by atoms with E-state index in [1.165, 1.54) is 0 Å². The van der Waals surface area contributed by atoms with Crippen molar-refractivity contribution in [2.24, 2.45) is 0 Å². The molecule has 1 atom stereocenters. The number of benzene rings is 1. The molecule has 0 fully saturated rings. The van der Waals surface area contributed by atoms with E-state index >= 15 is 0 Å². The van der Waals surface area contributed by atoms with Crippen LogP contribution >= 0.6 is 11.8 Å². The number of carbonyl (C=O) groups is 2. The second-order valence-corrected chi connectivity index (χ2v) is 7.39. The van der Waals surface area contributed by atoms with Crippen LogP contribution in [0.4, 0.5) is 5.69 Å². The number of nitrogens with zero attached hydrogens (tertiary/aromatic N) is 1. The Morgan fingerprint density at radius 3 is 2.77 bits per heavy atom. The van der Waals surface area contributed by atoms with Gasteiger partial charge in [0, 0.05) is 17.4 Å². The molecule has 0 aliphatic heterocycles. The highest BCUT2D eigenvalue weighted by atomic mass is 32.2. The minimum atomic E-state index is -0.197. The van der Waals surface area contributed by atoms with Gasteiger partial charge in [-0.25, -0.2) is 0 Å². The third kappa shape index (κ3) is 6.52. The maximum Gasteiger partial charge on any atom is 0.251 e. The van der Waals surface area contributed by atoms with Crippen molar-refractivity contribution in [3.8, 4) is 0 Å². The maximum atomic E-state index is 12.3. The van der Waals surface area contributed by atoms with Crippen molar-refractivity contribution in [3.05, 3.63) is 59.9 Å². The summed E-state index contributed by atoms with van der Waals surface area (Å²) in [6.45, 7) is 4.40. The third-order valence-electron chi connectivity index (χ3n) is 3.78. The molecule has 0 bridgehead atoms. The van der Waals surface area contributed by atoms with Crippen molar-refractivity contribution in [2.75, 3.05) is 11.1 Å². The second-order valence-electron chi connectivity index (χ2n) is 5.94. The summed E-state index contributed by atoms with van der Waals surface area (Å²) in [5.41, 5.74) is 1.93.